The van der Waals surface area contributed by atoms with Crippen LogP contribution in [0, 0.1) is 0 Å². The number of hydrogen-bond acceptors (Lipinski definition) is 3. The van der Waals surface area contributed by atoms with Gasteiger partial charge >= 0.3 is 0 Å². The molecule has 0 saturated heterocycles. The Hall–Kier alpha value is -3.02. The second-order valence-electron chi connectivity index (χ2n) is 9.85. The van der Waals surface area contributed by atoms with E-state index in [-0.39, 0.29) is 30.8 Å². The molecule has 1 saturated carbocycles. The summed E-state index contributed by atoms with van der Waals surface area (Å²) in [5.41, 5.74) is 2.62. The minimum atomic E-state index is -0.680. The van der Waals surface area contributed by atoms with Crippen LogP contribution in [0.2, 0.25) is 10.0 Å². The third-order valence-corrected chi connectivity index (χ3v) is 7.79. The number of rotatable bonds is 10. The van der Waals surface area contributed by atoms with Crippen LogP contribution in [0.25, 0.3) is 0 Å². The third-order valence-electron chi connectivity index (χ3n) is 7.05. The molecule has 5 nitrogen and oxygen atoms in total. The highest BCUT2D eigenvalue weighted by molar-refractivity contribution is 6.42. The van der Waals surface area contributed by atoms with Crippen LogP contribution in [0.15, 0.2) is 72.8 Å². The number of benzene rings is 3. The maximum absolute atomic E-state index is 13.9. The number of carbonyl (C=O) groups excluding carboxylic acids is 2. The summed E-state index contributed by atoms with van der Waals surface area (Å²) in [4.78, 5) is 29.5. The molecule has 0 spiro atoms. The summed E-state index contributed by atoms with van der Waals surface area (Å²) in [6, 6.07) is 22.1. The Balaban J connectivity index is 1.67. The monoisotopic (exact) mass is 552 g/mol. The lowest BCUT2D eigenvalue weighted by Gasteiger charge is -2.33. The first-order valence-corrected chi connectivity index (χ1v) is 13.9. The molecular formula is C31H34Cl2N2O3. The molecule has 4 rings (SSSR count). The molecule has 38 heavy (non-hydrogen) atoms. The Morgan fingerprint density at radius 3 is 2.34 bits per heavy atom. The maximum Gasteiger partial charge on any atom is 0.243 e. The first-order valence-electron chi connectivity index (χ1n) is 13.1. The molecule has 1 N–H and O–H groups in total. The molecule has 0 heterocycles. The predicted octanol–water partition coefficient (Wildman–Crippen LogP) is 6.63. The SMILES string of the molecule is COc1cccc(CN(C(=O)Cc2ccc(Cl)c(Cl)c2)[C@@H](Cc2ccccc2)C(=O)NC2CCCCC2)c1. The van der Waals surface area contributed by atoms with Crippen molar-refractivity contribution < 1.29 is 14.3 Å². The largest absolute Gasteiger partial charge is 0.497 e. The van der Waals surface area contributed by atoms with E-state index >= 15 is 0 Å². The van der Waals surface area contributed by atoms with Gasteiger partial charge in [0.25, 0.3) is 0 Å². The van der Waals surface area contributed by atoms with Gasteiger partial charge in [0, 0.05) is 19.0 Å². The van der Waals surface area contributed by atoms with E-state index in [9.17, 15) is 9.59 Å². The number of amides is 2. The first-order chi connectivity index (χ1) is 18.4. The minimum Gasteiger partial charge on any atom is -0.497 e. The third kappa shape index (κ3) is 7.75. The van der Waals surface area contributed by atoms with Crippen molar-refractivity contribution in [2.75, 3.05) is 7.11 Å². The molecule has 200 valence electrons. The molecule has 1 aliphatic carbocycles. The van der Waals surface area contributed by atoms with Crippen LogP contribution in [-0.2, 0) is 29.0 Å². The zero-order chi connectivity index (χ0) is 26.9. The summed E-state index contributed by atoms with van der Waals surface area (Å²) < 4.78 is 5.41. The summed E-state index contributed by atoms with van der Waals surface area (Å²) in [6.45, 7) is 0.271. The Labute approximate surface area is 235 Å². The molecule has 0 bridgehead atoms. The number of hydrogen-bond donors (Lipinski definition) is 1. The van der Waals surface area contributed by atoms with E-state index < -0.39 is 6.04 Å². The fraction of sp³-hybridized carbons (Fsp3) is 0.355. The maximum atomic E-state index is 13.9. The van der Waals surface area contributed by atoms with E-state index in [0.29, 0.717) is 22.2 Å². The molecule has 2 amide bonds. The van der Waals surface area contributed by atoms with Gasteiger partial charge in [-0.1, -0.05) is 91.0 Å². The average molecular weight is 554 g/mol. The van der Waals surface area contributed by atoms with Crippen molar-refractivity contribution in [2.24, 2.45) is 0 Å². The predicted molar refractivity (Wildman–Crippen MR) is 153 cm³/mol. The van der Waals surface area contributed by atoms with Gasteiger partial charge in [-0.15, -0.1) is 0 Å². The van der Waals surface area contributed by atoms with Crippen molar-refractivity contribution in [1.82, 2.24) is 10.2 Å². The lowest BCUT2D eigenvalue weighted by molar-refractivity contribution is -0.141. The molecule has 1 atom stereocenters. The Morgan fingerprint density at radius 1 is 0.895 bits per heavy atom. The van der Waals surface area contributed by atoms with E-state index in [1.54, 1.807) is 30.2 Å². The van der Waals surface area contributed by atoms with Crippen molar-refractivity contribution in [3.8, 4) is 5.75 Å². The molecular weight excluding hydrogens is 519 g/mol. The van der Waals surface area contributed by atoms with E-state index in [4.69, 9.17) is 27.9 Å². The van der Waals surface area contributed by atoms with Gasteiger partial charge in [0.2, 0.25) is 11.8 Å². The summed E-state index contributed by atoms with van der Waals surface area (Å²) in [7, 11) is 1.61. The fourth-order valence-electron chi connectivity index (χ4n) is 4.99. The molecule has 3 aromatic rings. The molecule has 0 aliphatic heterocycles. The second kappa shape index (κ2) is 13.7. The smallest absolute Gasteiger partial charge is 0.243 e. The van der Waals surface area contributed by atoms with Crippen molar-refractivity contribution in [3.63, 3.8) is 0 Å². The molecule has 3 aromatic carbocycles. The molecule has 0 unspecified atom stereocenters. The van der Waals surface area contributed by atoms with Crippen molar-refractivity contribution in [1.29, 1.82) is 0 Å². The number of nitrogens with one attached hydrogen (secondary N) is 1. The van der Waals surface area contributed by atoms with E-state index in [1.807, 2.05) is 54.6 Å². The highest BCUT2D eigenvalue weighted by Gasteiger charge is 2.32. The molecule has 7 heteroatoms. The minimum absolute atomic E-state index is 0.100. The highest BCUT2D eigenvalue weighted by atomic mass is 35.5. The summed E-state index contributed by atoms with van der Waals surface area (Å²) in [5.74, 6) is 0.419. The Kier molecular flexibility index (Phi) is 10.1. The van der Waals surface area contributed by atoms with Crippen LogP contribution < -0.4 is 10.1 Å². The van der Waals surface area contributed by atoms with Crippen molar-refractivity contribution in [3.05, 3.63) is 99.5 Å². The van der Waals surface area contributed by atoms with Crippen LogP contribution in [0.4, 0.5) is 0 Å². The van der Waals surface area contributed by atoms with Crippen LogP contribution >= 0.6 is 23.2 Å². The van der Waals surface area contributed by atoms with Gasteiger partial charge in [-0.05, 0) is 53.8 Å². The molecule has 0 aromatic heterocycles. The van der Waals surface area contributed by atoms with E-state index in [0.717, 1.165) is 42.4 Å². The summed E-state index contributed by atoms with van der Waals surface area (Å²) in [5, 5.41) is 4.10. The van der Waals surface area contributed by atoms with Gasteiger partial charge in [-0.25, -0.2) is 0 Å². The van der Waals surface area contributed by atoms with Crippen molar-refractivity contribution in [2.45, 2.75) is 63.6 Å². The number of carbonyl (C=O) groups is 2. The molecule has 1 aliphatic rings. The Bertz CT molecular complexity index is 1230. The first kappa shape index (κ1) is 28.0. The average Bonchev–Trinajstić information content (AvgIpc) is 2.94. The van der Waals surface area contributed by atoms with Gasteiger partial charge in [0.05, 0.1) is 23.6 Å². The lowest BCUT2D eigenvalue weighted by atomic mass is 9.94. The second-order valence-corrected chi connectivity index (χ2v) is 10.7. The number of halogens is 2. The number of nitrogens with zero attached hydrogens (tertiary/aromatic N) is 1. The normalized spacial score (nSPS) is 14.5. The molecule has 1 fully saturated rings. The standard InChI is InChI=1S/C31H34Cl2N2O3/c1-38-26-14-8-11-24(17-26)21-35(30(36)20-23-15-16-27(32)28(33)18-23)29(19-22-9-4-2-5-10-22)31(37)34-25-12-6-3-7-13-25/h2,4-5,8-11,14-18,25,29H,3,6-7,12-13,19-21H2,1H3,(H,34,37)/t29-/m0/s1. The van der Waals surface area contributed by atoms with E-state index in [2.05, 4.69) is 5.32 Å². The zero-order valence-electron chi connectivity index (χ0n) is 21.7. The van der Waals surface area contributed by atoms with Crippen LogP contribution in [0.1, 0.15) is 48.8 Å². The van der Waals surface area contributed by atoms with Crippen LogP contribution in [-0.4, -0.2) is 35.9 Å². The fourth-order valence-corrected chi connectivity index (χ4v) is 5.31. The molecule has 0 radical (unpaired) electrons. The van der Waals surface area contributed by atoms with Crippen LogP contribution in [0.3, 0.4) is 0 Å². The quantitative estimate of drug-likeness (QED) is 0.307. The number of ether oxygens (including phenoxy) is 1. The van der Waals surface area contributed by atoms with Gasteiger partial charge in [-0.3, -0.25) is 9.59 Å². The Morgan fingerprint density at radius 2 is 1.63 bits per heavy atom. The van der Waals surface area contributed by atoms with Gasteiger partial charge in [0.1, 0.15) is 11.8 Å². The topological polar surface area (TPSA) is 58.6 Å². The highest BCUT2D eigenvalue weighted by Crippen LogP contribution is 2.25. The van der Waals surface area contributed by atoms with Gasteiger partial charge < -0.3 is 15.0 Å². The van der Waals surface area contributed by atoms with Crippen LogP contribution in [0.5, 0.6) is 5.75 Å². The van der Waals surface area contributed by atoms with E-state index in [1.165, 1.54) is 6.42 Å². The van der Waals surface area contributed by atoms with Gasteiger partial charge in [-0.2, -0.15) is 0 Å². The summed E-state index contributed by atoms with van der Waals surface area (Å²) in [6.07, 6.45) is 5.87. The zero-order valence-corrected chi connectivity index (χ0v) is 23.2. The van der Waals surface area contributed by atoms with Gasteiger partial charge in [0.15, 0.2) is 0 Å². The lowest BCUT2D eigenvalue weighted by Crippen LogP contribution is -2.53. The van der Waals surface area contributed by atoms with Crippen molar-refractivity contribution >= 4 is 35.0 Å². The summed E-state index contributed by atoms with van der Waals surface area (Å²) >= 11 is 12.3. The number of methoxy groups -OCH3 is 1.